The summed E-state index contributed by atoms with van der Waals surface area (Å²) in [4.78, 5) is 19.2. The summed E-state index contributed by atoms with van der Waals surface area (Å²) in [6.07, 6.45) is 0. The number of nitrogens with zero attached hydrogens (tertiary/aromatic N) is 3. The average Bonchev–Trinajstić information content (AvgIpc) is 2.79. The van der Waals surface area contributed by atoms with Crippen molar-refractivity contribution in [2.24, 2.45) is 0 Å². The van der Waals surface area contributed by atoms with Crippen LogP contribution in [0.2, 0.25) is 0 Å². The van der Waals surface area contributed by atoms with Gasteiger partial charge in [-0.15, -0.1) is 0 Å². The van der Waals surface area contributed by atoms with Crippen LogP contribution in [0.4, 0.5) is 4.39 Å². The minimum Gasteiger partial charge on any atom is -0.497 e. The van der Waals surface area contributed by atoms with Gasteiger partial charge in [-0.05, 0) is 42.3 Å². The third kappa shape index (κ3) is 6.42. The maximum absolute atomic E-state index is 14.0. The van der Waals surface area contributed by atoms with Gasteiger partial charge in [-0.1, -0.05) is 18.2 Å². The molecule has 0 aromatic heterocycles. The number of likely N-dealkylation sites (N-methyl/N-ethyl adjacent to an activating group) is 1. The molecule has 1 aliphatic heterocycles. The van der Waals surface area contributed by atoms with E-state index in [-0.39, 0.29) is 11.7 Å². The van der Waals surface area contributed by atoms with Crippen LogP contribution in [-0.2, 0) is 17.9 Å². The Bertz CT molecular complexity index is 852. The SMILES string of the molecule is CCN(Cc1ccc(OC)c(F)c1)C(=O)CN1CCN(Cc2ccc(OC)cc2)CC1. The maximum atomic E-state index is 14.0. The van der Waals surface area contributed by atoms with Gasteiger partial charge in [0.05, 0.1) is 20.8 Å². The molecule has 0 spiro atoms. The van der Waals surface area contributed by atoms with Gasteiger partial charge >= 0.3 is 0 Å². The summed E-state index contributed by atoms with van der Waals surface area (Å²) in [5, 5.41) is 0. The largest absolute Gasteiger partial charge is 0.497 e. The molecule has 1 heterocycles. The Hall–Kier alpha value is -2.64. The molecule has 1 fully saturated rings. The Morgan fingerprint density at radius 2 is 1.61 bits per heavy atom. The fraction of sp³-hybridized carbons (Fsp3) is 0.458. The van der Waals surface area contributed by atoms with Crippen molar-refractivity contribution < 1.29 is 18.7 Å². The molecule has 2 aromatic rings. The van der Waals surface area contributed by atoms with Gasteiger partial charge in [-0.2, -0.15) is 0 Å². The zero-order chi connectivity index (χ0) is 22.2. The first-order valence-corrected chi connectivity index (χ1v) is 10.7. The number of carbonyl (C=O) groups is 1. The summed E-state index contributed by atoms with van der Waals surface area (Å²) < 4.78 is 24.1. The van der Waals surface area contributed by atoms with Crippen LogP contribution in [0, 0.1) is 5.82 Å². The predicted octanol–water partition coefficient (Wildman–Crippen LogP) is 3.01. The Morgan fingerprint density at radius 1 is 0.968 bits per heavy atom. The van der Waals surface area contributed by atoms with Gasteiger partial charge in [0.25, 0.3) is 0 Å². The van der Waals surface area contributed by atoms with Crippen LogP contribution in [0.25, 0.3) is 0 Å². The van der Waals surface area contributed by atoms with Crippen molar-refractivity contribution in [3.8, 4) is 11.5 Å². The summed E-state index contributed by atoms with van der Waals surface area (Å²) in [7, 11) is 3.11. The monoisotopic (exact) mass is 429 g/mol. The minimum atomic E-state index is -0.406. The second-order valence-corrected chi connectivity index (χ2v) is 7.78. The molecule has 31 heavy (non-hydrogen) atoms. The van der Waals surface area contributed by atoms with E-state index >= 15 is 0 Å². The van der Waals surface area contributed by atoms with Gasteiger partial charge in [0.2, 0.25) is 5.91 Å². The molecule has 0 N–H and O–H groups in total. The van der Waals surface area contributed by atoms with Crippen molar-refractivity contribution in [2.75, 3.05) is 53.5 Å². The molecule has 0 radical (unpaired) electrons. The van der Waals surface area contributed by atoms with Crippen molar-refractivity contribution in [3.05, 3.63) is 59.4 Å². The number of hydrogen-bond donors (Lipinski definition) is 0. The number of halogens is 1. The Balaban J connectivity index is 1.47. The molecule has 3 rings (SSSR count). The predicted molar refractivity (Wildman–Crippen MR) is 119 cm³/mol. The van der Waals surface area contributed by atoms with Crippen LogP contribution >= 0.6 is 0 Å². The Kier molecular flexibility index (Phi) is 8.26. The summed E-state index contributed by atoms with van der Waals surface area (Å²) in [6, 6.07) is 13.0. The molecule has 6 nitrogen and oxygen atoms in total. The number of carbonyl (C=O) groups excluding carboxylic acids is 1. The Labute approximate surface area is 184 Å². The zero-order valence-corrected chi connectivity index (χ0v) is 18.6. The molecule has 0 saturated carbocycles. The highest BCUT2D eigenvalue weighted by atomic mass is 19.1. The summed E-state index contributed by atoms with van der Waals surface area (Å²) >= 11 is 0. The van der Waals surface area contributed by atoms with Crippen molar-refractivity contribution in [2.45, 2.75) is 20.0 Å². The molecule has 1 aliphatic rings. The van der Waals surface area contributed by atoms with E-state index < -0.39 is 5.82 Å². The van der Waals surface area contributed by atoms with E-state index in [0.717, 1.165) is 44.0 Å². The van der Waals surface area contributed by atoms with Gasteiger partial charge in [-0.25, -0.2) is 4.39 Å². The van der Waals surface area contributed by atoms with Gasteiger partial charge in [0.1, 0.15) is 5.75 Å². The van der Waals surface area contributed by atoms with Crippen LogP contribution in [-0.4, -0.2) is 74.1 Å². The van der Waals surface area contributed by atoms with E-state index in [1.54, 1.807) is 24.1 Å². The molecular weight excluding hydrogens is 397 g/mol. The van der Waals surface area contributed by atoms with Gasteiger partial charge in [0.15, 0.2) is 11.6 Å². The molecule has 0 bridgehead atoms. The number of methoxy groups -OCH3 is 2. The van der Waals surface area contributed by atoms with Gasteiger partial charge in [-0.3, -0.25) is 14.6 Å². The summed E-state index contributed by atoms with van der Waals surface area (Å²) in [6.45, 7) is 7.79. The third-order valence-electron chi connectivity index (χ3n) is 5.71. The van der Waals surface area contributed by atoms with E-state index in [9.17, 15) is 9.18 Å². The molecule has 168 valence electrons. The lowest BCUT2D eigenvalue weighted by Gasteiger charge is -2.35. The summed E-state index contributed by atoms with van der Waals surface area (Å²) in [5.41, 5.74) is 2.02. The first-order valence-electron chi connectivity index (χ1n) is 10.7. The lowest BCUT2D eigenvalue weighted by Crippen LogP contribution is -2.49. The Morgan fingerprint density at radius 3 is 2.19 bits per heavy atom. The smallest absolute Gasteiger partial charge is 0.237 e. The third-order valence-corrected chi connectivity index (χ3v) is 5.71. The second-order valence-electron chi connectivity index (χ2n) is 7.78. The van der Waals surface area contributed by atoms with Crippen molar-refractivity contribution in [1.82, 2.24) is 14.7 Å². The lowest BCUT2D eigenvalue weighted by atomic mass is 10.2. The number of benzene rings is 2. The van der Waals surface area contributed by atoms with Crippen molar-refractivity contribution in [3.63, 3.8) is 0 Å². The van der Waals surface area contributed by atoms with Crippen molar-refractivity contribution in [1.29, 1.82) is 0 Å². The number of amides is 1. The minimum absolute atomic E-state index is 0.0716. The van der Waals surface area contributed by atoms with Crippen LogP contribution < -0.4 is 9.47 Å². The normalized spacial score (nSPS) is 15.0. The number of hydrogen-bond acceptors (Lipinski definition) is 5. The van der Waals surface area contributed by atoms with Crippen LogP contribution in [0.3, 0.4) is 0 Å². The van der Waals surface area contributed by atoms with E-state index in [4.69, 9.17) is 9.47 Å². The molecule has 0 unspecified atom stereocenters. The first-order chi connectivity index (χ1) is 15.0. The van der Waals surface area contributed by atoms with E-state index in [0.29, 0.717) is 19.6 Å². The fourth-order valence-corrected chi connectivity index (χ4v) is 3.79. The molecule has 1 amide bonds. The maximum Gasteiger partial charge on any atom is 0.237 e. The van der Waals surface area contributed by atoms with Crippen LogP contribution in [0.1, 0.15) is 18.1 Å². The fourth-order valence-electron chi connectivity index (χ4n) is 3.79. The average molecular weight is 430 g/mol. The standard InChI is InChI=1S/C24H32FN3O3/c1-4-28(17-20-7-10-23(31-3)22(25)15-20)24(29)18-27-13-11-26(12-14-27)16-19-5-8-21(30-2)9-6-19/h5-10,15H,4,11-14,16-18H2,1-3H3. The van der Waals surface area contributed by atoms with Gasteiger partial charge in [0, 0.05) is 45.8 Å². The number of ether oxygens (including phenoxy) is 2. The van der Waals surface area contributed by atoms with E-state index in [2.05, 4.69) is 21.9 Å². The lowest BCUT2D eigenvalue weighted by molar-refractivity contribution is -0.133. The molecular formula is C24H32FN3O3. The topological polar surface area (TPSA) is 45.2 Å². The highest BCUT2D eigenvalue weighted by Crippen LogP contribution is 2.19. The van der Waals surface area contributed by atoms with Crippen LogP contribution in [0.5, 0.6) is 11.5 Å². The number of rotatable bonds is 9. The summed E-state index contributed by atoms with van der Waals surface area (Å²) in [5.74, 6) is 0.745. The highest BCUT2D eigenvalue weighted by Gasteiger charge is 2.21. The highest BCUT2D eigenvalue weighted by molar-refractivity contribution is 5.78. The molecule has 2 aromatic carbocycles. The molecule has 7 heteroatoms. The second kappa shape index (κ2) is 11.1. The molecule has 0 aliphatic carbocycles. The molecule has 1 saturated heterocycles. The van der Waals surface area contributed by atoms with E-state index in [1.165, 1.54) is 18.7 Å². The molecule has 0 atom stereocenters. The first kappa shape index (κ1) is 23.0. The number of piperazine rings is 1. The van der Waals surface area contributed by atoms with Crippen LogP contribution in [0.15, 0.2) is 42.5 Å². The zero-order valence-electron chi connectivity index (χ0n) is 18.6. The quantitative estimate of drug-likeness (QED) is 0.613. The van der Waals surface area contributed by atoms with Crippen molar-refractivity contribution >= 4 is 5.91 Å². The van der Waals surface area contributed by atoms with Gasteiger partial charge < -0.3 is 14.4 Å². The van der Waals surface area contributed by atoms with E-state index in [1.807, 2.05) is 19.1 Å².